The fourth-order valence-corrected chi connectivity index (χ4v) is 2.37. The van der Waals surface area contributed by atoms with E-state index < -0.39 is 0 Å². The van der Waals surface area contributed by atoms with Gasteiger partial charge in [0.1, 0.15) is 0 Å². The third-order valence-corrected chi connectivity index (χ3v) is 3.52. The summed E-state index contributed by atoms with van der Waals surface area (Å²) in [5.74, 6) is 0.602. The van der Waals surface area contributed by atoms with Crippen LogP contribution < -0.4 is 0 Å². The molecule has 1 atom stereocenters. The standard InChI is InChI=1S/C10H18BrNO/c1-3-8(4-2)10(13)12-6-5-9(11)7-12/h8-9H,3-7H2,1-2H3. The van der Waals surface area contributed by atoms with E-state index in [1.807, 2.05) is 4.90 Å². The molecule has 0 spiro atoms. The van der Waals surface area contributed by atoms with Crippen molar-refractivity contribution < 1.29 is 4.79 Å². The van der Waals surface area contributed by atoms with Crippen molar-refractivity contribution in [2.24, 2.45) is 5.92 Å². The molecule has 0 saturated carbocycles. The molecule has 0 bridgehead atoms. The van der Waals surface area contributed by atoms with E-state index >= 15 is 0 Å². The minimum absolute atomic E-state index is 0.248. The number of carbonyl (C=O) groups is 1. The zero-order valence-corrected chi connectivity index (χ0v) is 10.0. The predicted octanol–water partition coefficient (Wildman–Crippen LogP) is 2.42. The summed E-state index contributed by atoms with van der Waals surface area (Å²) >= 11 is 3.55. The SMILES string of the molecule is CCC(CC)C(=O)N1CCC(Br)C1. The first-order valence-electron chi connectivity index (χ1n) is 5.11. The number of rotatable bonds is 3. The monoisotopic (exact) mass is 247 g/mol. The summed E-state index contributed by atoms with van der Waals surface area (Å²) in [5.41, 5.74) is 0. The smallest absolute Gasteiger partial charge is 0.225 e. The first kappa shape index (κ1) is 11.0. The maximum absolute atomic E-state index is 11.9. The van der Waals surface area contributed by atoms with Gasteiger partial charge in [-0.3, -0.25) is 4.79 Å². The van der Waals surface area contributed by atoms with Crippen molar-refractivity contribution in [3.63, 3.8) is 0 Å². The summed E-state index contributed by atoms with van der Waals surface area (Å²) in [5, 5.41) is 0. The van der Waals surface area contributed by atoms with Crippen molar-refractivity contribution in [1.82, 2.24) is 4.90 Å². The van der Waals surface area contributed by atoms with Crippen molar-refractivity contribution >= 4 is 21.8 Å². The Hall–Kier alpha value is -0.0500. The van der Waals surface area contributed by atoms with Gasteiger partial charge in [-0.2, -0.15) is 0 Å². The fraction of sp³-hybridized carbons (Fsp3) is 0.900. The summed E-state index contributed by atoms with van der Waals surface area (Å²) in [7, 11) is 0. The topological polar surface area (TPSA) is 20.3 Å². The molecule has 1 aliphatic heterocycles. The van der Waals surface area contributed by atoms with Crippen molar-refractivity contribution in [2.45, 2.75) is 37.9 Å². The van der Waals surface area contributed by atoms with Gasteiger partial charge in [0.25, 0.3) is 0 Å². The minimum Gasteiger partial charge on any atom is -0.341 e. The van der Waals surface area contributed by atoms with Gasteiger partial charge in [0, 0.05) is 23.8 Å². The fourth-order valence-electron chi connectivity index (χ4n) is 1.81. The summed E-state index contributed by atoms with van der Waals surface area (Å²) < 4.78 is 0. The van der Waals surface area contributed by atoms with Crippen LogP contribution in [0, 0.1) is 5.92 Å². The maximum Gasteiger partial charge on any atom is 0.225 e. The molecule has 1 heterocycles. The molecule has 1 saturated heterocycles. The van der Waals surface area contributed by atoms with Gasteiger partial charge >= 0.3 is 0 Å². The van der Waals surface area contributed by atoms with Crippen LogP contribution in [0.1, 0.15) is 33.1 Å². The Kier molecular flexibility index (Phi) is 4.23. The number of carbonyl (C=O) groups excluding carboxylic acids is 1. The van der Waals surface area contributed by atoms with E-state index in [9.17, 15) is 4.79 Å². The van der Waals surface area contributed by atoms with Gasteiger partial charge in [-0.1, -0.05) is 29.8 Å². The molecule has 0 aromatic rings. The number of likely N-dealkylation sites (tertiary alicyclic amines) is 1. The van der Waals surface area contributed by atoms with E-state index in [1.165, 1.54) is 0 Å². The Morgan fingerprint density at radius 3 is 2.54 bits per heavy atom. The Labute approximate surface area is 88.8 Å². The maximum atomic E-state index is 11.9. The van der Waals surface area contributed by atoms with Gasteiger partial charge in [0.05, 0.1) is 0 Å². The first-order chi connectivity index (χ1) is 6.19. The summed E-state index contributed by atoms with van der Waals surface area (Å²) in [4.78, 5) is 14.4. The molecule has 0 radical (unpaired) electrons. The second-order valence-electron chi connectivity index (χ2n) is 3.68. The molecule has 1 amide bonds. The molecular formula is C10H18BrNO. The molecule has 0 aromatic carbocycles. The number of hydrogen-bond donors (Lipinski definition) is 0. The molecule has 76 valence electrons. The van der Waals surface area contributed by atoms with Crippen LogP contribution in [0.4, 0.5) is 0 Å². The lowest BCUT2D eigenvalue weighted by Gasteiger charge is -2.21. The lowest BCUT2D eigenvalue weighted by atomic mass is 10.0. The van der Waals surface area contributed by atoms with Crippen molar-refractivity contribution in [3.8, 4) is 0 Å². The molecule has 0 aromatic heterocycles. The first-order valence-corrected chi connectivity index (χ1v) is 6.03. The molecule has 0 aliphatic carbocycles. The van der Waals surface area contributed by atoms with E-state index in [-0.39, 0.29) is 5.92 Å². The number of amides is 1. The largest absolute Gasteiger partial charge is 0.341 e. The van der Waals surface area contributed by atoms with Crippen LogP contribution in [0.3, 0.4) is 0 Å². The molecular weight excluding hydrogens is 230 g/mol. The minimum atomic E-state index is 0.248. The van der Waals surface area contributed by atoms with Gasteiger partial charge in [0.15, 0.2) is 0 Å². The Morgan fingerprint density at radius 2 is 2.15 bits per heavy atom. The molecule has 1 fully saturated rings. The van der Waals surface area contributed by atoms with Crippen LogP contribution in [-0.2, 0) is 4.79 Å². The second-order valence-corrected chi connectivity index (χ2v) is 4.98. The van der Waals surface area contributed by atoms with Gasteiger partial charge in [-0.15, -0.1) is 0 Å². The van der Waals surface area contributed by atoms with E-state index in [4.69, 9.17) is 0 Å². The Bertz CT molecular complexity index is 180. The van der Waals surface area contributed by atoms with E-state index in [0.29, 0.717) is 10.7 Å². The van der Waals surface area contributed by atoms with Crippen LogP contribution >= 0.6 is 15.9 Å². The van der Waals surface area contributed by atoms with Crippen LogP contribution in [0.25, 0.3) is 0 Å². The summed E-state index contributed by atoms with van der Waals surface area (Å²) in [6.07, 6.45) is 3.05. The van der Waals surface area contributed by atoms with E-state index in [2.05, 4.69) is 29.8 Å². The average molecular weight is 248 g/mol. The molecule has 13 heavy (non-hydrogen) atoms. The second kappa shape index (κ2) is 4.99. The molecule has 1 rings (SSSR count). The highest BCUT2D eigenvalue weighted by Crippen LogP contribution is 2.20. The highest BCUT2D eigenvalue weighted by atomic mass is 79.9. The highest BCUT2D eigenvalue weighted by molar-refractivity contribution is 9.09. The highest BCUT2D eigenvalue weighted by Gasteiger charge is 2.27. The van der Waals surface area contributed by atoms with Crippen molar-refractivity contribution in [2.75, 3.05) is 13.1 Å². The normalized spacial score (nSPS) is 22.8. The van der Waals surface area contributed by atoms with Gasteiger partial charge in [-0.05, 0) is 19.3 Å². The van der Waals surface area contributed by atoms with Crippen LogP contribution in [0.5, 0.6) is 0 Å². The van der Waals surface area contributed by atoms with Gasteiger partial charge < -0.3 is 4.90 Å². The zero-order valence-electron chi connectivity index (χ0n) is 8.42. The van der Waals surface area contributed by atoms with Gasteiger partial charge in [-0.25, -0.2) is 0 Å². The Morgan fingerprint density at radius 1 is 1.54 bits per heavy atom. The quantitative estimate of drug-likeness (QED) is 0.702. The van der Waals surface area contributed by atoms with Crippen molar-refractivity contribution in [3.05, 3.63) is 0 Å². The number of nitrogens with zero attached hydrogens (tertiary/aromatic N) is 1. The molecule has 1 aliphatic rings. The van der Waals surface area contributed by atoms with Crippen LogP contribution in [0.2, 0.25) is 0 Å². The van der Waals surface area contributed by atoms with Crippen LogP contribution in [-0.4, -0.2) is 28.7 Å². The third-order valence-electron chi connectivity index (χ3n) is 2.78. The number of alkyl halides is 1. The van der Waals surface area contributed by atoms with Crippen LogP contribution in [0.15, 0.2) is 0 Å². The molecule has 0 N–H and O–H groups in total. The summed E-state index contributed by atoms with van der Waals surface area (Å²) in [6.45, 7) is 6.02. The molecule has 3 heteroatoms. The zero-order chi connectivity index (χ0) is 9.84. The number of halogens is 1. The lowest BCUT2D eigenvalue weighted by molar-refractivity contribution is -0.134. The lowest BCUT2D eigenvalue weighted by Crippen LogP contribution is -2.34. The van der Waals surface area contributed by atoms with E-state index in [0.717, 1.165) is 32.4 Å². The summed E-state index contributed by atoms with van der Waals surface area (Å²) in [6, 6.07) is 0. The predicted molar refractivity (Wildman–Crippen MR) is 58.0 cm³/mol. The number of hydrogen-bond acceptors (Lipinski definition) is 1. The van der Waals surface area contributed by atoms with Crippen molar-refractivity contribution in [1.29, 1.82) is 0 Å². The molecule has 2 nitrogen and oxygen atoms in total. The third kappa shape index (κ3) is 2.70. The molecule has 1 unspecified atom stereocenters. The average Bonchev–Trinajstić information content (AvgIpc) is 2.54. The van der Waals surface area contributed by atoms with E-state index in [1.54, 1.807) is 0 Å². The Balaban J connectivity index is 2.47. The van der Waals surface area contributed by atoms with Gasteiger partial charge in [0.2, 0.25) is 5.91 Å².